The van der Waals surface area contributed by atoms with Gasteiger partial charge >= 0.3 is 5.97 Å². The molecule has 1 aliphatic heterocycles. The van der Waals surface area contributed by atoms with Crippen LogP contribution in [-0.4, -0.2) is 33.1 Å². The van der Waals surface area contributed by atoms with Crippen LogP contribution in [0.2, 0.25) is 0 Å². The van der Waals surface area contributed by atoms with Gasteiger partial charge in [0.1, 0.15) is 11.2 Å². The molecule has 2 aromatic rings. The van der Waals surface area contributed by atoms with Crippen LogP contribution >= 0.6 is 0 Å². The van der Waals surface area contributed by atoms with Crippen molar-refractivity contribution in [2.45, 2.75) is 75.5 Å². The minimum Gasteiger partial charge on any atom is -0.458 e. The molecular weight excluding hydrogens is 354 g/mol. The first-order valence-corrected chi connectivity index (χ1v) is 10.6. The number of esters is 1. The number of rotatable bonds is 3. The third-order valence-electron chi connectivity index (χ3n) is 7.00. The summed E-state index contributed by atoms with van der Waals surface area (Å²) in [6.45, 7) is 0. The van der Waals surface area contributed by atoms with Crippen LogP contribution < -0.4 is 5.32 Å². The first-order chi connectivity index (χ1) is 13.6. The highest BCUT2D eigenvalue weighted by molar-refractivity contribution is 5.88. The Kier molecular flexibility index (Phi) is 4.37. The van der Waals surface area contributed by atoms with Gasteiger partial charge in [-0.1, -0.05) is 0 Å². The van der Waals surface area contributed by atoms with Crippen molar-refractivity contribution in [2.24, 2.45) is 5.92 Å². The molecule has 28 heavy (non-hydrogen) atoms. The fourth-order valence-electron chi connectivity index (χ4n) is 5.53. The molecule has 2 saturated carbocycles. The van der Waals surface area contributed by atoms with Crippen LogP contribution in [0.1, 0.15) is 63.8 Å². The summed E-state index contributed by atoms with van der Waals surface area (Å²) in [5.41, 5.74) is 0.522. The standard InChI is InChI=1S/C22H27N3O3/c26-19-14-18(22(28-19)10-1-2-11-22)21(27)24-16-5-7-17(8-6-16)25-13-9-15-4-3-12-23-20(15)25/h3-4,9,12-13,16-18H,1-2,5-8,10-11,14H2,(H,24,27). The average Bonchev–Trinajstić information content (AvgIpc) is 3.42. The van der Waals surface area contributed by atoms with Gasteiger partial charge in [0.15, 0.2) is 0 Å². The van der Waals surface area contributed by atoms with E-state index in [0.717, 1.165) is 57.0 Å². The van der Waals surface area contributed by atoms with E-state index in [4.69, 9.17) is 4.74 Å². The van der Waals surface area contributed by atoms with Crippen LogP contribution in [0.25, 0.3) is 11.0 Å². The molecule has 2 aliphatic carbocycles. The maximum absolute atomic E-state index is 12.9. The average molecular weight is 381 g/mol. The molecule has 1 N–H and O–H groups in total. The first-order valence-electron chi connectivity index (χ1n) is 10.6. The summed E-state index contributed by atoms with van der Waals surface area (Å²) in [5, 5.41) is 4.41. The molecule has 1 atom stereocenters. The van der Waals surface area contributed by atoms with Crippen molar-refractivity contribution in [3.8, 4) is 0 Å². The number of nitrogens with one attached hydrogen (secondary N) is 1. The van der Waals surface area contributed by atoms with Gasteiger partial charge in [-0.15, -0.1) is 0 Å². The molecule has 148 valence electrons. The molecule has 5 rings (SSSR count). The number of aromatic nitrogens is 2. The predicted molar refractivity (Wildman–Crippen MR) is 105 cm³/mol. The summed E-state index contributed by atoms with van der Waals surface area (Å²) < 4.78 is 7.91. The van der Waals surface area contributed by atoms with E-state index in [-0.39, 0.29) is 30.3 Å². The number of hydrogen-bond acceptors (Lipinski definition) is 4. The maximum atomic E-state index is 12.9. The maximum Gasteiger partial charge on any atom is 0.307 e. The van der Waals surface area contributed by atoms with Crippen molar-refractivity contribution in [1.29, 1.82) is 0 Å². The topological polar surface area (TPSA) is 73.2 Å². The lowest BCUT2D eigenvalue weighted by Crippen LogP contribution is -2.47. The van der Waals surface area contributed by atoms with Crippen LogP contribution in [0.15, 0.2) is 30.6 Å². The van der Waals surface area contributed by atoms with E-state index >= 15 is 0 Å². The van der Waals surface area contributed by atoms with Crippen LogP contribution in [0.4, 0.5) is 0 Å². The Bertz CT molecular complexity index is 891. The Morgan fingerprint density at radius 2 is 1.96 bits per heavy atom. The van der Waals surface area contributed by atoms with Crippen molar-refractivity contribution >= 4 is 22.9 Å². The van der Waals surface area contributed by atoms with Crippen molar-refractivity contribution in [1.82, 2.24) is 14.9 Å². The zero-order valence-electron chi connectivity index (χ0n) is 16.1. The van der Waals surface area contributed by atoms with E-state index in [1.807, 2.05) is 12.3 Å². The van der Waals surface area contributed by atoms with Gasteiger partial charge in [0.2, 0.25) is 5.91 Å². The summed E-state index contributed by atoms with van der Waals surface area (Å²) in [6, 6.07) is 6.79. The molecule has 2 aromatic heterocycles. The zero-order chi connectivity index (χ0) is 19.1. The molecule has 3 aliphatic rings. The number of fused-ring (bicyclic) bond motifs is 1. The molecular formula is C22H27N3O3. The lowest BCUT2D eigenvalue weighted by atomic mass is 9.84. The fraction of sp³-hybridized carbons (Fsp3) is 0.591. The summed E-state index contributed by atoms with van der Waals surface area (Å²) >= 11 is 0. The van der Waals surface area contributed by atoms with Gasteiger partial charge in [-0.2, -0.15) is 0 Å². The summed E-state index contributed by atoms with van der Waals surface area (Å²) in [4.78, 5) is 29.4. The van der Waals surface area contributed by atoms with Gasteiger partial charge in [0.05, 0.1) is 12.3 Å². The second-order valence-electron chi connectivity index (χ2n) is 8.66. The van der Waals surface area contributed by atoms with Crippen LogP contribution in [0.3, 0.4) is 0 Å². The second kappa shape index (κ2) is 6.90. The van der Waals surface area contributed by atoms with Crippen LogP contribution in [-0.2, 0) is 14.3 Å². The molecule has 6 heteroatoms. The monoisotopic (exact) mass is 381 g/mol. The first kappa shape index (κ1) is 17.7. The minimum atomic E-state index is -0.520. The molecule has 1 amide bonds. The van der Waals surface area contributed by atoms with Gasteiger partial charge in [0.25, 0.3) is 0 Å². The predicted octanol–water partition coefficient (Wildman–Crippen LogP) is 3.51. The Morgan fingerprint density at radius 1 is 1.18 bits per heavy atom. The Labute approximate surface area is 164 Å². The van der Waals surface area contributed by atoms with Crippen molar-refractivity contribution in [3.63, 3.8) is 0 Å². The van der Waals surface area contributed by atoms with E-state index in [2.05, 4.69) is 33.2 Å². The molecule has 1 saturated heterocycles. The number of carbonyl (C=O) groups excluding carboxylic acids is 2. The molecule has 3 fully saturated rings. The SMILES string of the molecule is O=C1CC(C(=O)NC2CCC(n3ccc4cccnc43)CC2)C2(CCCC2)O1. The molecule has 6 nitrogen and oxygen atoms in total. The molecule has 3 heterocycles. The number of nitrogens with zero attached hydrogens (tertiary/aromatic N) is 2. The quantitative estimate of drug-likeness (QED) is 0.826. The van der Waals surface area contributed by atoms with Crippen molar-refractivity contribution in [2.75, 3.05) is 0 Å². The van der Waals surface area contributed by atoms with E-state index in [1.54, 1.807) is 0 Å². The van der Waals surface area contributed by atoms with Gasteiger partial charge in [-0.3, -0.25) is 9.59 Å². The summed E-state index contributed by atoms with van der Waals surface area (Å²) in [6.07, 6.45) is 11.9. The number of hydrogen-bond donors (Lipinski definition) is 1. The minimum absolute atomic E-state index is 0.0179. The fourth-order valence-corrected chi connectivity index (χ4v) is 5.53. The highest BCUT2D eigenvalue weighted by Crippen LogP contribution is 2.45. The number of pyridine rings is 1. The van der Waals surface area contributed by atoms with Gasteiger partial charge in [0, 0.05) is 29.9 Å². The Balaban J connectivity index is 1.22. The zero-order valence-corrected chi connectivity index (χ0v) is 16.1. The third-order valence-corrected chi connectivity index (χ3v) is 7.00. The van der Waals surface area contributed by atoms with Crippen LogP contribution in [0, 0.1) is 5.92 Å². The number of amides is 1. The number of ether oxygens (including phenoxy) is 1. The third kappa shape index (κ3) is 2.99. The number of carbonyl (C=O) groups is 2. The van der Waals surface area contributed by atoms with E-state index in [0.29, 0.717) is 6.04 Å². The smallest absolute Gasteiger partial charge is 0.307 e. The van der Waals surface area contributed by atoms with Gasteiger partial charge < -0.3 is 14.6 Å². The van der Waals surface area contributed by atoms with Gasteiger partial charge in [-0.25, -0.2) is 4.98 Å². The molecule has 1 spiro atoms. The highest BCUT2D eigenvalue weighted by atomic mass is 16.6. The lowest BCUT2D eigenvalue weighted by Gasteiger charge is -2.33. The van der Waals surface area contributed by atoms with Crippen LogP contribution in [0.5, 0.6) is 0 Å². The van der Waals surface area contributed by atoms with E-state index in [1.165, 1.54) is 5.39 Å². The lowest BCUT2D eigenvalue weighted by molar-refractivity contribution is -0.150. The molecule has 1 unspecified atom stereocenters. The van der Waals surface area contributed by atoms with Crippen molar-refractivity contribution in [3.05, 3.63) is 30.6 Å². The molecule has 0 radical (unpaired) electrons. The summed E-state index contributed by atoms with van der Waals surface area (Å²) in [5.74, 6) is -0.500. The Morgan fingerprint density at radius 3 is 2.75 bits per heavy atom. The van der Waals surface area contributed by atoms with Gasteiger partial charge in [-0.05, 0) is 69.6 Å². The summed E-state index contributed by atoms with van der Waals surface area (Å²) in [7, 11) is 0. The largest absolute Gasteiger partial charge is 0.458 e. The van der Waals surface area contributed by atoms with Crippen molar-refractivity contribution < 1.29 is 14.3 Å². The molecule has 0 bridgehead atoms. The van der Waals surface area contributed by atoms with E-state index in [9.17, 15) is 9.59 Å². The highest BCUT2D eigenvalue weighted by Gasteiger charge is 2.54. The normalized spacial score (nSPS) is 29.3. The Hall–Kier alpha value is -2.37. The second-order valence-corrected chi connectivity index (χ2v) is 8.66. The molecule has 0 aromatic carbocycles. The van der Waals surface area contributed by atoms with E-state index < -0.39 is 5.60 Å².